The molecule has 1 N–H and O–H groups in total. The Kier molecular flexibility index (Phi) is 5.69. The largest absolute Gasteiger partial charge is 0.334 e. The third-order valence-corrected chi connectivity index (χ3v) is 5.44. The first-order chi connectivity index (χ1) is 15.3. The van der Waals surface area contributed by atoms with Crippen LogP contribution in [-0.2, 0) is 6.54 Å². The third kappa shape index (κ3) is 4.07. The zero-order chi connectivity index (χ0) is 22.8. The number of fused-ring (bicyclic) bond motifs is 1. The fourth-order valence-corrected chi connectivity index (χ4v) is 3.71. The fourth-order valence-electron chi connectivity index (χ4n) is 3.71. The molecule has 0 bridgehead atoms. The summed E-state index contributed by atoms with van der Waals surface area (Å²) in [5.74, 6) is -0.140. The highest BCUT2D eigenvalue weighted by Gasteiger charge is 2.22. The molecule has 6 nitrogen and oxygen atoms in total. The number of carbonyl (C=O) groups is 2. The Balaban J connectivity index is 1.65. The number of aromatic nitrogens is 2. The number of benzene rings is 3. The van der Waals surface area contributed by atoms with Crippen LogP contribution in [-0.4, -0.2) is 33.6 Å². The molecular formula is C26H23N3O3. The second-order valence-corrected chi connectivity index (χ2v) is 7.88. The Morgan fingerprint density at radius 2 is 1.59 bits per heavy atom. The van der Waals surface area contributed by atoms with Gasteiger partial charge in [-0.15, -0.1) is 0 Å². The molecule has 1 amide bonds. The van der Waals surface area contributed by atoms with Crippen molar-refractivity contribution in [2.24, 2.45) is 0 Å². The number of ketones is 1. The van der Waals surface area contributed by atoms with Gasteiger partial charge in [0.05, 0.1) is 23.0 Å². The maximum absolute atomic E-state index is 13.3. The third-order valence-electron chi connectivity index (χ3n) is 5.44. The predicted molar refractivity (Wildman–Crippen MR) is 124 cm³/mol. The van der Waals surface area contributed by atoms with Crippen LogP contribution < -0.4 is 5.56 Å². The maximum Gasteiger partial charge on any atom is 0.258 e. The summed E-state index contributed by atoms with van der Waals surface area (Å²) in [6.07, 6.45) is 0. The number of nitrogens with one attached hydrogen (secondary N) is 1. The van der Waals surface area contributed by atoms with Crippen LogP contribution in [0, 0.1) is 13.8 Å². The van der Waals surface area contributed by atoms with E-state index < -0.39 is 0 Å². The smallest absolute Gasteiger partial charge is 0.258 e. The highest BCUT2D eigenvalue weighted by Crippen LogP contribution is 2.20. The lowest BCUT2D eigenvalue weighted by atomic mass is 9.94. The van der Waals surface area contributed by atoms with Gasteiger partial charge in [0.25, 0.3) is 11.5 Å². The zero-order valence-electron chi connectivity index (χ0n) is 18.2. The molecule has 1 heterocycles. The Labute approximate surface area is 185 Å². The first-order valence-corrected chi connectivity index (χ1v) is 10.3. The van der Waals surface area contributed by atoms with Crippen LogP contribution in [0.1, 0.15) is 43.2 Å². The highest BCUT2D eigenvalue weighted by molar-refractivity contribution is 6.15. The maximum atomic E-state index is 13.3. The molecular weight excluding hydrogens is 402 g/mol. The lowest BCUT2D eigenvalue weighted by Gasteiger charge is -2.19. The van der Waals surface area contributed by atoms with Crippen LogP contribution in [0.15, 0.2) is 71.5 Å². The Bertz CT molecular complexity index is 1410. The number of aromatic amines is 1. The molecule has 0 aliphatic rings. The summed E-state index contributed by atoms with van der Waals surface area (Å²) in [6.45, 7) is 3.91. The summed E-state index contributed by atoms with van der Waals surface area (Å²) < 4.78 is 0. The van der Waals surface area contributed by atoms with Crippen molar-refractivity contribution < 1.29 is 9.59 Å². The molecule has 4 aromatic rings. The van der Waals surface area contributed by atoms with Gasteiger partial charge in [-0.3, -0.25) is 14.4 Å². The van der Waals surface area contributed by atoms with Crippen LogP contribution >= 0.6 is 0 Å². The number of para-hydroxylation sites is 1. The van der Waals surface area contributed by atoms with E-state index in [4.69, 9.17) is 0 Å². The Morgan fingerprint density at radius 1 is 0.906 bits per heavy atom. The quantitative estimate of drug-likeness (QED) is 0.489. The summed E-state index contributed by atoms with van der Waals surface area (Å²) in [7, 11) is 1.62. The van der Waals surface area contributed by atoms with E-state index in [1.54, 1.807) is 49.5 Å². The van der Waals surface area contributed by atoms with Gasteiger partial charge in [0, 0.05) is 18.2 Å². The van der Waals surface area contributed by atoms with Gasteiger partial charge in [-0.2, -0.15) is 0 Å². The Morgan fingerprint density at radius 3 is 2.38 bits per heavy atom. The van der Waals surface area contributed by atoms with Crippen molar-refractivity contribution in [3.05, 3.63) is 111 Å². The average molecular weight is 425 g/mol. The molecule has 0 unspecified atom stereocenters. The minimum Gasteiger partial charge on any atom is -0.334 e. The van der Waals surface area contributed by atoms with Crippen LogP contribution in [0.5, 0.6) is 0 Å². The number of amides is 1. The van der Waals surface area contributed by atoms with Crippen molar-refractivity contribution >= 4 is 22.6 Å². The second kappa shape index (κ2) is 8.59. The minimum absolute atomic E-state index is 0.102. The first-order valence-electron chi connectivity index (χ1n) is 10.3. The van der Waals surface area contributed by atoms with E-state index in [0.717, 1.165) is 11.1 Å². The summed E-state index contributed by atoms with van der Waals surface area (Å²) in [5, 5.41) is 0.495. The highest BCUT2D eigenvalue weighted by atomic mass is 16.2. The van der Waals surface area contributed by atoms with E-state index in [2.05, 4.69) is 9.97 Å². The minimum atomic E-state index is -0.324. The number of hydrogen-bond donors (Lipinski definition) is 1. The number of rotatable bonds is 5. The Hall–Kier alpha value is -4.06. The molecule has 0 aliphatic carbocycles. The summed E-state index contributed by atoms with van der Waals surface area (Å²) >= 11 is 0. The van der Waals surface area contributed by atoms with Crippen LogP contribution in [0.3, 0.4) is 0 Å². The van der Waals surface area contributed by atoms with Crippen molar-refractivity contribution in [3.8, 4) is 0 Å². The predicted octanol–water partition coefficient (Wildman–Crippen LogP) is 4.04. The van der Waals surface area contributed by atoms with Crippen LogP contribution in [0.4, 0.5) is 0 Å². The second-order valence-electron chi connectivity index (χ2n) is 7.88. The SMILES string of the molecule is Cc1ccc(C)c(C(=O)c2ccccc2C(=O)N(C)Cc2nc3ccccc3c(=O)[nH]2)c1. The van der Waals surface area contributed by atoms with E-state index in [-0.39, 0.29) is 23.8 Å². The topological polar surface area (TPSA) is 83.1 Å². The molecule has 4 rings (SSSR count). The molecule has 6 heteroatoms. The number of nitrogens with zero attached hydrogens (tertiary/aromatic N) is 2. The average Bonchev–Trinajstić information content (AvgIpc) is 2.79. The summed E-state index contributed by atoms with van der Waals surface area (Å²) in [5.41, 5.74) is 3.38. The van der Waals surface area contributed by atoms with E-state index >= 15 is 0 Å². The number of hydrogen-bond acceptors (Lipinski definition) is 4. The van der Waals surface area contributed by atoms with E-state index in [9.17, 15) is 14.4 Å². The zero-order valence-corrected chi connectivity index (χ0v) is 18.2. The van der Waals surface area contributed by atoms with Crippen molar-refractivity contribution in [1.29, 1.82) is 0 Å². The van der Waals surface area contributed by atoms with Crippen LogP contribution in [0.25, 0.3) is 10.9 Å². The number of aryl methyl sites for hydroxylation is 2. The number of carbonyl (C=O) groups excluding carboxylic acids is 2. The van der Waals surface area contributed by atoms with Crippen LogP contribution in [0.2, 0.25) is 0 Å². The van der Waals surface area contributed by atoms with E-state index in [0.29, 0.717) is 33.4 Å². The molecule has 160 valence electrons. The standard InChI is InChI=1S/C26H23N3O3/c1-16-12-13-17(2)21(14-16)24(30)18-8-4-5-9-19(18)26(32)29(3)15-23-27-22-11-7-6-10-20(22)25(31)28-23/h4-14H,15H2,1-3H3,(H,27,28,31). The lowest BCUT2D eigenvalue weighted by Crippen LogP contribution is -2.29. The van der Waals surface area contributed by atoms with Gasteiger partial charge in [0.2, 0.25) is 0 Å². The number of H-pyrrole nitrogens is 1. The molecule has 0 spiro atoms. The molecule has 0 saturated heterocycles. The van der Waals surface area contributed by atoms with E-state index in [1.165, 1.54) is 4.90 Å². The molecule has 0 fully saturated rings. The van der Waals surface area contributed by atoms with Gasteiger partial charge in [0.1, 0.15) is 5.82 Å². The molecule has 3 aromatic carbocycles. The van der Waals surface area contributed by atoms with Gasteiger partial charge in [-0.25, -0.2) is 4.98 Å². The molecule has 1 aromatic heterocycles. The molecule has 0 radical (unpaired) electrons. The fraction of sp³-hybridized carbons (Fsp3) is 0.154. The van der Waals surface area contributed by atoms with Gasteiger partial charge >= 0.3 is 0 Å². The molecule has 32 heavy (non-hydrogen) atoms. The van der Waals surface area contributed by atoms with E-state index in [1.807, 2.05) is 38.1 Å². The van der Waals surface area contributed by atoms with Gasteiger partial charge in [-0.05, 0) is 43.7 Å². The molecule has 0 aliphatic heterocycles. The monoisotopic (exact) mass is 425 g/mol. The van der Waals surface area contributed by atoms with Crippen molar-refractivity contribution in [2.75, 3.05) is 7.05 Å². The normalized spacial score (nSPS) is 10.8. The van der Waals surface area contributed by atoms with Gasteiger partial charge in [-0.1, -0.05) is 48.0 Å². The molecule has 0 atom stereocenters. The first kappa shape index (κ1) is 21.2. The lowest BCUT2D eigenvalue weighted by molar-refractivity contribution is 0.0777. The van der Waals surface area contributed by atoms with Crippen molar-refractivity contribution in [2.45, 2.75) is 20.4 Å². The van der Waals surface area contributed by atoms with Crippen molar-refractivity contribution in [1.82, 2.24) is 14.9 Å². The summed E-state index contributed by atoms with van der Waals surface area (Å²) in [4.78, 5) is 47.5. The molecule has 0 saturated carbocycles. The van der Waals surface area contributed by atoms with Crippen molar-refractivity contribution in [3.63, 3.8) is 0 Å². The van der Waals surface area contributed by atoms with Gasteiger partial charge < -0.3 is 9.88 Å². The summed E-state index contributed by atoms with van der Waals surface area (Å²) in [6, 6.07) is 19.5. The van der Waals surface area contributed by atoms with Gasteiger partial charge in [0.15, 0.2) is 5.78 Å².